The number of nitrogens with zero attached hydrogens (tertiary/aromatic N) is 4. The van der Waals surface area contributed by atoms with Crippen molar-refractivity contribution < 1.29 is 4.52 Å². The number of fused-ring (bicyclic) bond motifs is 1. The molecule has 0 N–H and O–H groups in total. The molecule has 2 aliphatic rings. The van der Waals surface area contributed by atoms with Gasteiger partial charge in [0, 0.05) is 26.2 Å². The van der Waals surface area contributed by atoms with Gasteiger partial charge in [0.15, 0.2) is 5.82 Å². The van der Waals surface area contributed by atoms with E-state index in [0.29, 0.717) is 5.92 Å². The number of aromatic nitrogens is 2. The minimum atomic E-state index is -0.00962. The summed E-state index contributed by atoms with van der Waals surface area (Å²) in [5.41, 5.74) is 1.36. The Bertz CT molecular complexity index is 686. The maximum absolute atomic E-state index is 5.69. The molecule has 4 rings (SSSR count). The van der Waals surface area contributed by atoms with E-state index in [2.05, 4.69) is 57.2 Å². The fourth-order valence-corrected chi connectivity index (χ4v) is 4.47. The molecular formula is C19H26N4O. The highest BCUT2D eigenvalue weighted by molar-refractivity contribution is 5.19. The molecule has 5 heteroatoms. The third-order valence-corrected chi connectivity index (χ3v) is 5.72. The molecule has 128 valence electrons. The molecule has 0 amide bonds. The summed E-state index contributed by atoms with van der Waals surface area (Å²) < 4.78 is 5.69. The van der Waals surface area contributed by atoms with Crippen molar-refractivity contribution in [2.75, 3.05) is 32.7 Å². The molecule has 1 aromatic heterocycles. The number of likely N-dealkylation sites (tertiary alicyclic amines) is 2. The van der Waals surface area contributed by atoms with E-state index in [-0.39, 0.29) is 5.41 Å². The lowest BCUT2D eigenvalue weighted by atomic mass is 9.73. The van der Waals surface area contributed by atoms with Gasteiger partial charge in [0.05, 0.1) is 5.41 Å². The summed E-state index contributed by atoms with van der Waals surface area (Å²) >= 11 is 0. The zero-order valence-corrected chi connectivity index (χ0v) is 14.6. The molecule has 1 aromatic carbocycles. The van der Waals surface area contributed by atoms with Crippen LogP contribution in [0.5, 0.6) is 0 Å². The quantitative estimate of drug-likeness (QED) is 0.864. The number of rotatable bonds is 4. The van der Waals surface area contributed by atoms with Crippen molar-refractivity contribution in [1.29, 1.82) is 0 Å². The third kappa shape index (κ3) is 2.76. The minimum absolute atomic E-state index is 0.00962. The predicted octanol–water partition coefficient (Wildman–Crippen LogP) is 2.47. The summed E-state index contributed by atoms with van der Waals surface area (Å²) in [6.07, 6.45) is 1.20. The Hall–Kier alpha value is -1.72. The molecule has 2 aromatic rings. The van der Waals surface area contributed by atoms with Gasteiger partial charge in [-0.3, -0.25) is 4.90 Å². The van der Waals surface area contributed by atoms with Crippen LogP contribution in [0.2, 0.25) is 0 Å². The maximum Gasteiger partial charge on any atom is 0.235 e. The van der Waals surface area contributed by atoms with Crippen LogP contribution in [0.1, 0.15) is 30.6 Å². The zero-order chi connectivity index (χ0) is 16.6. The number of piperidine rings is 1. The van der Waals surface area contributed by atoms with Crippen LogP contribution < -0.4 is 0 Å². The Balaban J connectivity index is 1.61. The highest BCUT2D eigenvalue weighted by Gasteiger charge is 2.53. The van der Waals surface area contributed by atoms with E-state index in [9.17, 15) is 0 Å². The number of hydrogen-bond acceptors (Lipinski definition) is 5. The normalized spacial score (nSPS) is 28.2. The molecule has 24 heavy (non-hydrogen) atoms. The van der Waals surface area contributed by atoms with Crippen molar-refractivity contribution in [3.05, 3.63) is 47.6 Å². The number of benzene rings is 1. The molecule has 0 unspecified atom stereocenters. The summed E-state index contributed by atoms with van der Waals surface area (Å²) in [5.74, 6) is 2.20. The van der Waals surface area contributed by atoms with Gasteiger partial charge in [-0.2, -0.15) is 4.98 Å². The van der Waals surface area contributed by atoms with Crippen molar-refractivity contribution in [2.24, 2.45) is 5.92 Å². The van der Waals surface area contributed by atoms with Crippen LogP contribution in [0.15, 0.2) is 34.9 Å². The summed E-state index contributed by atoms with van der Waals surface area (Å²) in [6.45, 7) is 10.6. The van der Waals surface area contributed by atoms with Crippen molar-refractivity contribution >= 4 is 0 Å². The highest BCUT2D eigenvalue weighted by Crippen LogP contribution is 2.44. The summed E-state index contributed by atoms with van der Waals surface area (Å²) in [6, 6.07) is 10.7. The van der Waals surface area contributed by atoms with Crippen LogP contribution in [0, 0.1) is 12.8 Å². The predicted molar refractivity (Wildman–Crippen MR) is 92.7 cm³/mol. The van der Waals surface area contributed by atoms with Crippen LogP contribution >= 0.6 is 0 Å². The molecule has 0 radical (unpaired) electrons. The molecule has 2 saturated heterocycles. The van der Waals surface area contributed by atoms with E-state index >= 15 is 0 Å². The van der Waals surface area contributed by atoms with Gasteiger partial charge < -0.3 is 9.42 Å². The second-order valence-electron chi connectivity index (χ2n) is 7.31. The Morgan fingerprint density at radius 1 is 1.21 bits per heavy atom. The fraction of sp³-hybridized carbons (Fsp3) is 0.579. The average Bonchev–Trinajstić information content (AvgIpc) is 3.19. The van der Waals surface area contributed by atoms with Gasteiger partial charge in [-0.1, -0.05) is 42.4 Å². The van der Waals surface area contributed by atoms with E-state index in [0.717, 1.165) is 51.0 Å². The van der Waals surface area contributed by atoms with Gasteiger partial charge in [-0.05, 0) is 37.9 Å². The SMILES string of the molecule is CCN1C[C@@H]2CCN(Cc3ccccc3)C[C@]2(c2nc(C)no2)C1. The second kappa shape index (κ2) is 6.30. The molecule has 0 spiro atoms. The van der Waals surface area contributed by atoms with Crippen molar-refractivity contribution in [3.8, 4) is 0 Å². The summed E-state index contributed by atoms with van der Waals surface area (Å²) in [7, 11) is 0. The zero-order valence-electron chi connectivity index (χ0n) is 14.6. The molecule has 0 bridgehead atoms. The first-order chi connectivity index (χ1) is 11.7. The molecule has 2 aliphatic heterocycles. The Labute approximate surface area is 143 Å². The van der Waals surface area contributed by atoms with Crippen LogP contribution in [0.25, 0.3) is 0 Å². The fourth-order valence-electron chi connectivity index (χ4n) is 4.47. The van der Waals surface area contributed by atoms with E-state index in [1.807, 2.05) is 6.92 Å². The smallest absolute Gasteiger partial charge is 0.235 e. The van der Waals surface area contributed by atoms with E-state index in [1.54, 1.807) is 0 Å². The summed E-state index contributed by atoms with van der Waals surface area (Å²) in [5, 5.41) is 4.08. The van der Waals surface area contributed by atoms with Crippen LogP contribution in [-0.4, -0.2) is 52.7 Å². The van der Waals surface area contributed by atoms with Crippen molar-refractivity contribution in [2.45, 2.75) is 32.2 Å². The monoisotopic (exact) mass is 326 g/mol. The highest BCUT2D eigenvalue weighted by atomic mass is 16.5. The van der Waals surface area contributed by atoms with Crippen molar-refractivity contribution in [3.63, 3.8) is 0 Å². The van der Waals surface area contributed by atoms with Gasteiger partial charge in [-0.15, -0.1) is 0 Å². The maximum atomic E-state index is 5.69. The van der Waals surface area contributed by atoms with E-state index < -0.39 is 0 Å². The topological polar surface area (TPSA) is 45.4 Å². The second-order valence-corrected chi connectivity index (χ2v) is 7.31. The van der Waals surface area contributed by atoms with Gasteiger partial charge in [0.2, 0.25) is 5.89 Å². The summed E-state index contributed by atoms with van der Waals surface area (Å²) in [4.78, 5) is 9.74. The molecule has 0 saturated carbocycles. The first kappa shape index (κ1) is 15.8. The van der Waals surface area contributed by atoms with E-state index in [1.165, 1.54) is 12.0 Å². The number of likely N-dealkylation sites (N-methyl/N-ethyl adjacent to an activating group) is 1. The average molecular weight is 326 g/mol. The third-order valence-electron chi connectivity index (χ3n) is 5.72. The lowest BCUT2D eigenvalue weighted by Gasteiger charge is -2.42. The first-order valence-electron chi connectivity index (χ1n) is 8.99. The van der Waals surface area contributed by atoms with Gasteiger partial charge in [0.1, 0.15) is 0 Å². The Morgan fingerprint density at radius 3 is 2.71 bits per heavy atom. The largest absolute Gasteiger partial charge is 0.339 e. The number of aryl methyl sites for hydroxylation is 1. The number of hydrogen-bond donors (Lipinski definition) is 0. The van der Waals surface area contributed by atoms with Crippen LogP contribution in [0.3, 0.4) is 0 Å². The first-order valence-corrected chi connectivity index (χ1v) is 8.99. The lowest BCUT2D eigenvalue weighted by Crippen LogP contribution is -2.51. The van der Waals surface area contributed by atoms with E-state index in [4.69, 9.17) is 4.52 Å². The van der Waals surface area contributed by atoms with Gasteiger partial charge in [0.25, 0.3) is 0 Å². The standard InChI is InChI=1S/C19H26N4O/c1-3-22-12-17-9-10-23(11-16-7-5-4-6-8-16)14-19(17,13-22)18-20-15(2)21-24-18/h4-8,17H,3,9-14H2,1-2H3/t17-,19+/m0/s1. The minimum Gasteiger partial charge on any atom is -0.339 e. The molecule has 0 aliphatic carbocycles. The molecule has 2 atom stereocenters. The van der Waals surface area contributed by atoms with Gasteiger partial charge >= 0.3 is 0 Å². The molecule has 2 fully saturated rings. The molecule has 5 nitrogen and oxygen atoms in total. The lowest BCUT2D eigenvalue weighted by molar-refractivity contribution is 0.0878. The van der Waals surface area contributed by atoms with Crippen molar-refractivity contribution in [1.82, 2.24) is 19.9 Å². The van der Waals surface area contributed by atoms with Crippen LogP contribution in [-0.2, 0) is 12.0 Å². The Kier molecular flexibility index (Phi) is 4.14. The molecule has 3 heterocycles. The Morgan fingerprint density at radius 2 is 2.00 bits per heavy atom. The van der Waals surface area contributed by atoms with Crippen LogP contribution in [0.4, 0.5) is 0 Å². The van der Waals surface area contributed by atoms with Gasteiger partial charge in [-0.25, -0.2) is 0 Å². The molecular weight excluding hydrogens is 300 g/mol.